The molecule has 2 aromatic carbocycles. The van der Waals surface area contributed by atoms with E-state index in [4.69, 9.17) is 4.74 Å². The molecule has 2 aromatic rings. The lowest BCUT2D eigenvalue weighted by Gasteiger charge is -2.14. The molecule has 0 aliphatic rings. The lowest BCUT2D eigenvalue weighted by atomic mass is 10.1. The van der Waals surface area contributed by atoms with E-state index in [-0.39, 0.29) is 0 Å². The van der Waals surface area contributed by atoms with Gasteiger partial charge in [-0.1, -0.05) is 31.2 Å². The lowest BCUT2D eigenvalue weighted by molar-refractivity contribution is 0.473. The molecule has 0 unspecified atom stereocenters. The fourth-order valence-electron chi connectivity index (χ4n) is 2.33. The molecule has 0 aliphatic carbocycles. The van der Waals surface area contributed by atoms with Crippen molar-refractivity contribution in [2.45, 2.75) is 40.7 Å². The van der Waals surface area contributed by atoms with E-state index < -0.39 is 0 Å². The van der Waals surface area contributed by atoms with Crippen LogP contribution in [0.25, 0.3) is 0 Å². The molecule has 0 aromatic heterocycles. The number of hydrogen-bond donors (Lipinski definition) is 1. The molecule has 0 aliphatic heterocycles. The van der Waals surface area contributed by atoms with Crippen molar-refractivity contribution in [1.29, 1.82) is 0 Å². The second-order valence-corrected chi connectivity index (χ2v) is 5.58. The first kappa shape index (κ1) is 15.6. The Hall–Kier alpha value is -1.80. The highest BCUT2D eigenvalue weighted by atomic mass is 16.5. The molecule has 21 heavy (non-hydrogen) atoms. The van der Waals surface area contributed by atoms with Gasteiger partial charge in [-0.3, -0.25) is 0 Å². The first-order valence-electron chi connectivity index (χ1n) is 7.66. The van der Waals surface area contributed by atoms with Gasteiger partial charge in [-0.2, -0.15) is 0 Å². The van der Waals surface area contributed by atoms with Gasteiger partial charge >= 0.3 is 0 Å². The normalized spacial score (nSPS) is 10.7. The first-order chi connectivity index (χ1) is 10.1. The fourth-order valence-corrected chi connectivity index (χ4v) is 2.33. The second-order valence-electron chi connectivity index (χ2n) is 5.58. The minimum atomic E-state index is 0.886. The molecule has 0 fully saturated rings. The van der Waals surface area contributed by atoms with E-state index in [1.54, 1.807) is 0 Å². The van der Waals surface area contributed by atoms with Crippen LogP contribution in [0.15, 0.2) is 36.4 Å². The molecule has 0 radical (unpaired) electrons. The second kappa shape index (κ2) is 7.28. The van der Waals surface area contributed by atoms with Gasteiger partial charge in [0.25, 0.3) is 0 Å². The SMILES string of the molecule is CCCNCc1cccc(Oc2c(C)ccc(C)c2C)c1. The van der Waals surface area contributed by atoms with Crippen LogP contribution in [-0.4, -0.2) is 6.54 Å². The van der Waals surface area contributed by atoms with Crippen molar-refractivity contribution in [3.63, 3.8) is 0 Å². The summed E-state index contributed by atoms with van der Waals surface area (Å²) in [6, 6.07) is 12.6. The van der Waals surface area contributed by atoms with Crippen LogP contribution < -0.4 is 10.1 Å². The summed E-state index contributed by atoms with van der Waals surface area (Å²) in [7, 11) is 0. The van der Waals surface area contributed by atoms with Crippen LogP contribution >= 0.6 is 0 Å². The summed E-state index contributed by atoms with van der Waals surface area (Å²) in [6.45, 7) is 10.4. The van der Waals surface area contributed by atoms with Gasteiger partial charge < -0.3 is 10.1 Å². The summed E-state index contributed by atoms with van der Waals surface area (Å²) in [4.78, 5) is 0. The van der Waals surface area contributed by atoms with Gasteiger partial charge in [0.2, 0.25) is 0 Å². The van der Waals surface area contributed by atoms with Crippen molar-refractivity contribution in [3.8, 4) is 11.5 Å². The number of nitrogens with one attached hydrogen (secondary N) is 1. The van der Waals surface area contributed by atoms with Crippen LogP contribution in [0.1, 0.15) is 35.6 Å². The third kappa shape index (κ3) is 4.08. The van der Waals surface area contributed by atoms with Crippen LogP contribution in [-0.2, 0) is 6.54 Å². The van der Waals surface area contributed by atoms with Crippen molar-refractivity contribution in [2.75, 3.05) is 6.54 Å². The van der Waals surface area contributed by atoms with Crippen molar-refractivity contribution >= 4 is 0 Å². The van der Waals surface area contributed by atoms with Gasteiger partial charge in [0, 0.05) is 6.54 Å². The van der Waals surface area contributed by atoms with E-state index >= 15 is 0 Å². The minimum absolute atomic E-state index is 0.886. The Morgan fingerprint density at radius 1 is 1.00 bits per heavy atom. The number of rotatable bonds is 6. The van der Waals surface area contributed by atoms with E-state index in [0.29, 0.717) is 0 Å². The Morgan fingerprint density at radius 2 is 1.76 bits per heavy atom. The number of benzene rings is 2. The molecule has 2 rings (SSSR count). The third-order valence-electron chi connectivity index (χ3n) is 3.75. The topological polar surface area (TPSA) is 21.3 Å². The predicted octanol–water partition coefficient (Wildman–Crippen LogP) is 4.90. The highest BCUT2D eigenvalue weighted by molar-refractivity contribution is 5.47. The molecule has 2 heteroatoms. The molecule has 0 heterocycles. The molecule has 0 saturated heterocycles. The van der Waals surface area contributed by atoms with Crippen LogP contribution in [0, 0.1) is 20.8 Å². The molecule has 112 valence electrons. The summed E-state index contributed by atoms with van der Waals surface area (Å²) < 4.78 is 6.14. The van der Waals surface area contributed by atoms with Crippen molar-refractivity contribution in [1.82, 2.24) is 5.32 Å². The van der Waals surface area contributed by atoms with Gasteiger partial charge in [0.1, 0.15) is 11.5 Å². The Labute approximate surface area is 128 Å². The zero-order chi connectivity index (χ0) is 15.2. The molecule has 0 saturated carbocycles. The monoisotopic (exact) mass is 283 g/mol. The summed E-state index contributed by atoms with van der Waals surface area (Å²) in [6.07, 6.45) is 1.15. The molecule has 0 spiro atoms. The summed E-state index contributed by atoms with van der Waals surface area (Å²) in [5, 5.41) is 3.42. The van der Waals surface area contributed by atoms with Crippen LogP contribution in [0.2, 0.25) is 0 Å². The first-order valence-corrected chi connectivity index (χ1v) is 7.66. The quantitative estimate of drug-likeness (QED) is 0.761. The zero-order valence-electron chi connectivity index (χ0n) is 13.5. The van der Waals surface area contributed by atoms with E-state index in [1.165, 1.54) is 22.3 Å². The molecule has 0 amide bonds. The maximum Gasteiger partial charge on any atom is 0.133 e. The smallest absolute Gasteiger partial charge is 0.133 e. The van der Waals surface area contributed by atoms with E-state index in [1.807, 2.05) is 6.07 Å². The number of aryl methyl sites for hydroxylation is 2. The minimum Gasteiger partial charge on any atom is -0.457 e. The lowest BCUT2D eigenvalue weighted by Crippen LogP contribution is -2.13. The fraction of sp³-hybridized carbons (Fsp3) is 0.368. The molecule has 2 nitrogen and oxygen atoms in total. The molecular formula is C19H25NO. The van der Waals surface area contributed by atoms with Gasteiger partial charge in [0.05, 0.1) is 0 Å². The molecular weight excluding hydrogens is 258 g/mol. The standard InChI is InChI=1S/C19H25NO/c1-5-11-20-13-17-7-6-8-18(12-17)21-19-15(3)10-9-14(2)16(19)4/h6-10,12,20H,5,11,13H2,1-4H3. The number of hydrogen-bond acceptors (Lipinski definition) is 2. The van der Waals surface area contributed by atoms with Crippen LogP contribution in [0.3, 0.4) is 0 Å². The van der Waals surface area contributed by atoms with Gasteiger partial charge in [-0.25, -0.2) is 0 Å². The number of ether oxygens (including phenoxy) is 1. The molecule has 0 atom stereocenters. The van der Waals surface area contributed by atoms with Crippen molar-refractivity contribution in [3.05, 3.63) is 58.7 Å². The maximum absolute atomic E-state index is 6.14. The van der Waals surface area contributed by atoms with E-state index in [0.717, 1.165) is 31.0 Å². The van der Waals surface area contributed by atoms with E-state index in [9.17, 15) is 0 Å². The average Bonchev–Trinajstić information content (AvgIpc) is 2.48. The highest BCUT2D eigenvalue weighted by Crippen LogP contribution is 2.30. The summed E-state index contributed by atoms with van der Waals surface area (Å²) in [5.74, 6) is 1.89. The predicted molar refractivity (Wildman–Crippen MR) is 89.2 cm³/mol. The van der Waals surface area contributed by atoms with Crippen molar-refractivity contribution in [2.24, 2.45) is 0 Å². The largest absolute Gasteiger partial charge is 0.457 e. The van der Waals surface area contributed by atoms with Crippen LogP contribution in [0.5, 0.6) is 11.5 Å². The van der Waals surface area contributed by atoms with Crippen LogP contribution in [0.4, 0.5) is 0 Å². The summed E-state index contributed by atoms with van der Waals surface area (Å²) in [5.41, 5.74) is 4.90. The Morgan fingerprint density at radius 3 is 2.52 bits per heavy atom. The Bertz CT molecular complexity index is 605. The Balaban J connectivity index is 2.17. The zero-order valence-corrected chi connectivity index (χ0v) is 13.5. The van der Waals surface area contributed by atoms with Gasteiger partial charge in [-0.05, 0) is 68.1 Å². The highest BCUT2D eigenvalue weighted by Gasteiger charge is 2.08. The molecule has 0 bridgehead atoms. The summed E-state index contributed by atoms with van der Waals surface area (Å²) >= 11 is 0. The maximum atomic E-state index is 6.14. The Kier molecular flexibility index (Phi) is 5.40. The molecule has 1 N–H and O–H groups in total. The average molecular weight is 283 g/mol. The van der Waals surface area contributed by atoms with Crippen molar-refractivity contribution < 1.29 is 4.74 Å². The van der Waals surface area contributed by atoms with Gasteiger partial charge in [-0.15, -0.1) is 0 Å². The third-order valence-corrected chi connectivity index (χ3v) is 3.75. The van der Waals surface area contributed by atoms with E-state index in [2.05, 4.69) is 63.3 Å². The van der Waals surface area contributed by atoms with Gasteiger partial charge in [0.15, 0.2) is 0 Å².